The number of carbonyl (C=O) groups is 1. The smallest absolute Gasteiger partial charge is 0.227 e. The molecular weight excluding hydrogens is 368 g/mol. The van der Waals surface area contributed by atoms with Gasteiger partial charge in [0, 0.05) is 51.9 Å². The number of fused-ring (bicyclic) bond motifs is 1. The van der Waals surface area contributed by atoms with Gasteiger partial charge in [-0.1, -0.05) is 5.16 Å². The number of anilines is 2. The Labute approximate surface area is 171 Å². The number of likely N-dealkylation sites (tertiary alicyclic amines) is 1. The van der Waals surface area contributed by atoms with Crippen LogP contribution in [0.1, 0.15) is 36.3 Å². The number of piperidine rings is 1. The fraction of sp³-hybridized carbons (Fsp3) is 0.619. The Morgan fingerprint density at radius 1 is 1.28 bits per heavy atom. The van der Waals surface area contributed by atoms with Crippen molar-refractivity contribution < 1.29 is 9.32 Å². The lowest BCUT2D eigenvalue weighted by Gasteiger charge is -2.38. The van der Waals surface area contributed by atoms with E-state index < -0.39 is 0 Å². The van der Waals surface area contributed by atoms with E-state index in [0.29, 0.717) is 18.8 Å². The van der Waals surface area contributed by atoms with E-state index in [2.05, 4.69) is 24.9 Å². The molecule has 2 aliphatic heterocycles. The van der Waals surface area contributed by atoms with Gasteiger partial charge in [-0.15, -0.1) is 0 Å². The van der Waals surface area contributed by atoms with Crippen molar-refractivity contribution >= 4 is 17.7 Å². The zero-order valence-corrected chi connectivity index (χ0v) is 17.8. The van der Waals surface area contributed by atoms with E-state index in [1.807, 2.05) is 45.1 Å². The summed E-state index contributed by atoms with van der Waals surface area (Å²) in [6, 6.07) is 2.16. The van der Waals surface area contributed by atoms with E-state index in [4.69, 9.17) is 4.52 Å². The molecule has 1 amide bonds. The van der Waals surface area contributed by atoms with E-state index >= 15 is 0 Å². The molecule has 2 unspecified atom stereocenters. The molecule has 2 aromatic heterocycles. The molecule has 0 aliphatic carbocycles. The van der Waals surface area contributed by atoms with Gasteiger partial charge >= 0.3 is 0 Å². The number of carbonyl (C=O) groups excluding carboxylic acids is 1. The van der Waals surface area contributed by atoms with Crippen LogP contribution in [0.4, 0.5) is 11.8 Å². The molecule has 2 saturated heterocycles. The predicted octanol–water partition coefficient (Wildman–Crippen LogP) is 2.21. The largest absolute Gasteiger partial charge is 0.363 e. The third kappa shape index (κ3) is 3.93. The van der Waals surface area contributed by atoms with Crippen LogP contribution in [0.15, 0.2) is 16.8 Å². The van der Waals surface area contributed by atoms with Crippen LogP contribution in [-0.2, 0) is 11.2 Å². The van der Waals surface area contributed by atoms with Gasteiger partial charge in [0.1, 0.15) is 11.6 Å². The third-order valence-electron chi connectivity index (χ3n) is 6.32. The Kier molecular flexibility index (Phi) is 5.43. The maximum atomic E-state index is 13.0. The van der Waals surface area contributed by atoms with E-state index in [0.717, 1.165) is 61.3 Å². The Bertz CT molecular complexity index is 860. The Morgan fingerprint density at radius 3 is 2.79 bits per heavy atom. The van der Waals surface area contributed by atoms with Gasteiger partial charge in [-0.2, -0.15) is 4.98 Å². The summed E-state index contributed by atoms with van der Waals surface area (Å²) in [5.74, 6) is 3.27. The van der Waals surface area contributed by atoms with Crippen LogP contribution >= 0.6 is 0 Å². The Morgan fingerprint density at radius 2 is 2.07 bits per heavy atom. The summed E-state index contributed by atoms with van der Waals surface area (Å²) in [4.78, 5) is 28.5. The molecule has 0 bridgehead atoms. The van der Waals surface area contributed by atoms with Crippen LogP contribution in [0, 0.1) is 19.8 Å². The molecular formula is C21H30N6O2. The lowest BCUT2D eigenvalue weighted by atomic mass is 9.92. The average Bonchev–Trinajstić information content (AvgIpc) is 3.29. The van der Waals surface area contributed by atoms with Crippen molar-refractivity contribution in [2.45, 2.75) is 45.6 Å². The van der Waals surface area contributed by atoms with Crippen LogP contribution in [-0.4, -0.2) is 65.7 Å². The van der Waals surface area contributed by atoms with E-state index in [1.54, 1.807) is 0 Å². The summed E-state index contributed by atoms with van der Waals surface area (Å²) >= 11 is 0. The van der Waals surface area contributed by atoms with Crippen LogP contribution < -0.4 is 9.80 Å². The highest BCUT2D eigenvalue weighted by Gasteiger charge is 2.41. The van der Waals surface area contributed by atoms with Gasteiger partial charge in [0.2, 0.25) is 11.9 Å². The van der Waals surface area contributed by atoms with Crippen molar-refractivity contribution in [3.63, 3.8) is 0 Å². The molecule has 0 saturated carbocycles. The standard InChI is InChI=1S/C21H30N6O2/c1-14-17(15(2)29-24-14)5-6-20(28)27-12-9-16-8-11-26(13-18(16)27)21-22-10-7-19(23-21)25(3)4/h7,10,16,18H,5-6,8-9,11-13H2,1-4H3. The van der Waals surface area contributed by atoms with Gasteiger partial charge in [0.05, 0.1) is 11.7 Å². The van der Waals surface area contributed by atoms with Gasteiger partial charge in [0.15, 0.2) is 0 Å². The summed E-state index contributed by atoms with van der Waals surface area (Å²) in [7, 11) is 3.96. The van der Waals surface area contributed by atoms with Gasteiger partial charge in [-0.05, 0) is 45.1 Å². The van der Waals surface area contributed by atoms with Crippen molar-refractivity contribution in [2.75, 3.05) is 43.5 Å². The first-order valence-electron chi connectivity index (χ1n) is 10.4. The molecule has 29 heavy (non-hydrogen) atoms. The highest BCUT2D eigenvalue weighted by molar-refractivity contribution is 5.77. The molecule has 0 radical (unpaired) electrons. The zero-order valence-electron chi connectivity index (χ0n) is 17.8. The summed E-state index contributed by atoms with van der Waals surface area (Å²) in [5.41, 5.74) is 1.95. The first-order chi connectivity index (χ1) is 13.9. The molecule has 8 heteroatoms. The maximum absolute atomic E-state index is 13.0. The highest BCUT2D eigenvalue weighted by atomic mass is 16.5. The minimum absolute atomic E-state index is 0.224. The molecule has 0 aromatic carbocycles. The molecule has 2 aliphatic rings. The molecule has 2 atom stereocenters. The van der Waals surface area contributed by atoms with Gasteiger partial charge in [0.25, 0.3) is 0 Å². The van der Waals surface area contributed by atoms with Crippen molar-refractivity contribution in [3.05, 3.63) is 29.3 Å². The lowest BCUT2D eigenvalue weighted by molar-refractivity contribution is -0.132. The minimum Gasteiger partial charge on any atom is -0.363 e. The van der Waals surface area contributed by atoms with Crippen molar-refractivity contribution in [1.82, 2.24) is 20.0 Å². The summed E-state index contributed by atoms with van der Waals surface area (Å²) in [6.45, 7) is 6.44. The van der Waals surface area contributed by atoms with Gasteiger partial charge in [-0.25, -0.2) is 4.98 Å². The van der Waals surface area contributed by atoms with Crippen molar-refractivity contribution in [2.24, 2.45) is 5.92 Å². The molecule has 2 fully saturated rings. The summed E-state index contributed by atoms with van der Waals surface area (Å²) < 4.78 is 5.23. The predicted molar refractivity (Wildman–Crippen MR) is 111 cm³/mol. The third-order valence-corrected chi connectivity index (χ3v) is 6.32. The number of amides is 1. The van der Waals surface area contributed by atoms with Gasteiger partial charge < -0.3 is 19.2 Å². The van der Waals surface area contributed by atoms with E-state index in [1.165, 1.54) is 0 Å². The molecule has 4 rings (SSSR count). The van der Waals surface area contributed by atoms with Crippen molar-refractivity contribution in [1.29, 1.82) is 0 Å². The molecule has 2 aromatic rings. The second kappa shape index (κ2) is 8.00. The zero-order chi connectivity index (χ0) is 20.5. The maximum Gasteiger partial charge on any atom is 0.227 e. The fourth-order valence-electron chi connectivity index (χ4n) is 4.61. The van der Waals surface area contributed by atoms with Gasteiger partial charge in [-0.3, -0.25) is 4.79 Å². The highest BCUT2D eigenvalue weighted by Crippen LogP contribution is 2.33. The molecule has 0 spiro atoms. The molecule has 8 nitrogen and oxygen atoms in total. The Balaban J connectivity index is 1.43. The second-order valence-electron chi connectivity index (χ2n) is 8.35. The monoisotopic (exact) mass is 398 g/mol. The molecule has 156 valence electrons. The number of hydrogen-bond donors (Lipinski definition) is 0. The summed E-state index contributed by atoms with van der Waals surface area (Å²) in [5, 5.41) is 4.00. The first kappa shape index (κ1) is 19.7. The first-order valence-corrected chi connectivity index (χ1v) is 10.4. The fourth-order valence-corrected chi connectivity index (χ4v) is 4.61. The number of rotatable bonds is 5. The Hall–Kier alpha value is -2.64. The van der Waals surface area contributed by atoms with E-state index in [9.17, 15) is 4.79 Å². The number of aromatic nitrogens is 3. The van der Waals surface area contributed by atoms with E-state index in [-0.39, 0.29) is 11.9 Å². The van der Waals surface area contributed by atoms with Crippen LogP contribution in [0.25, 0.3) is 0 Å². The SMILES string of the molecule is Cc1noc(C)c1CCC(=O)N1CCC2CCN(c3nccc(N(C)C)n3)CC21. The number of aryl methyl sites for hydroxylation is 2. The topological polar surface area (TPSA) is 78.6 Å². The second-order valence-corrected chi connectivity index (χ2v) is 8.35. The van der Waals surface area contributed by atoms with Crippen LogP contribution in [0.3, 0.4) is 0 Å². The molecule has 4 heterocycles. The van der Waals surface area contributed by atoms with Crippen LogP contribution in [0.2, 0.25) is 0 Å². The summed E-state index contributed by atoms with van der Waals surface area (Å²) in [6.07, 6.45) is 5.16. The number of nitrogens with zero attached hydrogens (tertiary/aromatic N) is 6. The van der Waals surface area contributed by atoms with Crippen LogP contribution in [0.5, 0.6) is 0 Å². The van der Waals surface area contributed by atoms with Crippen molar-refractivity contribution in [3.8, 4) is 0 Å². The normalized spacial score (nSPS) is 21.4. The average molecular weight is 399 g/mol. The number of hydrogen-bond acceptors (Lipinski definition) is 7. The molecule has 0 N–H and O–H groups in total. The quantitative estimate of drug-likeness (QED) is 0.764. The lowest BCUT2D eigenvalue weighted by Crippen LogP contribution is -2.50. The minimum atomic E-state index is 0.224.